The Hall–Kier alpha value is -1.50. The van der Waals surface area contributed by atoms with Crippen molar-refractivity contribution >= 4 is 18.9 Å². The average Bonchev–Trinajstić information content (AvgIpc) is 2.60. The summed E-state index contributed by atoms with van der Waals surface area (Å²) in [5, 5.41) is 19.6. The van der Waals surface area contributed by atoms with Crippen molar-refractivity contribution in [3.8, 4) is 5.75 Å². The quantitative estimate of drug-likeness (QED) is 0.450. The second-order valence-corrected chi connectivity index (χ2v) is 6.25. The molecule has 0 aromatic heterocycles. The van der Waals surface area contributed by atoms with Gasteiger partial charge in [-0.3, -0.25) is 0 Å². The maximum absolute atomic E-state index is 9.96. The topological polar surface area (TPSA) is 84.9 Å². The summed E-state index contributed by atoms with van der Waals surface area (Å²) in [5.74, 6) is -0.0139. The molecular weight excluding hydrogens is 269 g/mol. The van der Waals surface area contributed by atoms with Gasteiger partial charge in [0.15, 0.2) is 0 Å². The van der Waals surface area contributed by atoms with Gasteiger partial charge >= 0.3 is 7.12 Å². The van der Waals surface area contributed by atoms with Crippen LogP contribution in [0.3, 0.4) is 0 Å². The van der Waals surface area contributed by atoms with Crippen molar-refractivity contribution in [1.82, 2.24) is 0 Å². The van der Waals surface area contributed by atoms with E-state index in [9.17, 15) is 10.2 Å². The summed E-state index contributed by atoms with van der Waals surface area (Å²) in [6, 6.07) is 5.06. The minimum Gasteiger partial charge on any atom is -0.505 e. The third kappa shape index (κ3) is 2.93. The summed E-state index contributed by atoms with van der Waals surface area (Å²) in [6.07, 6.45) is 1.65. The fourth-order valence-electron chi connectivity index (χ4n) is 2.08. The number of para-hydroxylation sites is 1. The third-order valence-electron chi connectivity index (χ3n) is 4.18. The molecule has 1 aromatic rings. The third-order valence-corrected chi connectivity index (χ3v) is 4.18. The van der Waals surface area contributed by atoms with Crippen LogP contribution in [0.1, 0.15) is 33.3 Å². The highest BCUT2D eigenvalue weighted by Gasteiger charge is 2.52. The van der Waals surface area contributed by atoms with Gasteiger partial charge in [-0.2, -0.15) is 0 Å². The van der Waals surface area contributed by atoms with E-state index in [2.05, 4.69) is 0 Å². The Bertz CT molecular complexity index is 553. The molecule has 0 aliphatic carbocycles. The van der Waals surface area contributed by atoms with E-state index in [4.69, 9.17) is 15.0 Å². The van der Waals surface area contributed by atoms with Crippen LogP contribution in [0, 0.1) is 0 Å². The highest BCUT2D eigenvalue weighted by Crippen LogP contribution is 2.39. The second-order valence-electron chi connectivity index (χ2n) is 6.25. The van der Waals surface area contributed by atoms with Gasteiger partial charge in [0.2, 0.25) is 0 Å². The van der Waals surface area contributed by atoms with Crippen molar-refractivity contribution in [2.45, 2.75) is 38.9 Å². The van der Waals surface area contributed by atoms with E-state index in [-0.39, 0.29) is 18.0 Å². The van der Waals surface area contributed by atoms with Crippen LogP contribution < -0.4 is 5.73 Å². The molecular formula is C15H22BNO4. The van der Waals surface area contributed by atoms with E-state index in [0.29, 0.717) is 11.0 Å². The van der Waals surface area contributed by atoms with Gasteiger partial charge in [0.05, 0.1) is 23.5 Å². The smallest absolute Gasteiger partial charge is 0.492 e. The predicted octanol–water partition coefficient (Wildman–Crippen LogP) is 1.98. The van der Waals surface area contributed by atoms with Gasteiger partial charge in [0.25, 0.3) is 0 Å². The van der Waals surface area contributed by atoms with Gasteiger partial charge in [-0.15, -0.1) is 0 Å². The molecule has 0 radical (unpaired) electrons. The van der Waals surface area contributed by atoms with Gasteiger partial charge < -0.3 is 25.3 Å². The number of hydrogen-bond donors (Lipinski definition) is 3. The number of phenols is 1. The fourth-order valence-corrected chi connectivity index (χ4v) is 2.08. The normalized spacial score (nSPS) is 20.8. The molecule has 1 aliphatic heterocycles. The fraction of sp³-hybridized carbons (Fsp3) is 0.467. The molecule has 2 rings (SSSR count). The number of rotatable bonds is 3. The van der Waals surface area contributed by atoms with E-state index in [1.54, 1.807) is 24.3 Å². The number of phenolic OH excluding ortho intramolecular Hbond substituents is 1. The van der Waals surface area contributed by atoms with Crippen LogP contribution in [0.25, 0.3) is 6.08 Å². The van der Waals surface area contributed by atoms with Crippen molar-refractivity contribution in [2.75, 3.05) is 12.3 Å². The first kappa shape index (κ1) is 15.9. The predicted molar refractivity (Wildman–Crippen MR) is 83.7 cm³/mol. The van der Waals surface area contributed by atoms with Crippen molar-refractivity contribution in [3.05, 3.63) is 29.2 Å². The Morgan fingerprint density at radius 1 is 1.24 bits per heavy atom. The maximum Gasteiger partial charge on any atom is 0.492 e. The number of benzene rings is 1. The molecule has 1 aliphatic rings. The minimum atomic E-state index is -0.652. The van der Waals surface area contributed by atoms with Crippen LogP contribution in [0.5, 0.6) is 5.75 Å². The van der Waals surface area contributed by atoms with Gasteiger partial charge in [-0.05, 0) is 39.2 Å². The molecule has 0 saturated carbocycles. The molecule has 5 nitrogen and oxygen atoms in total. The van der Waals surface area contributed by atoms with Crippen LogP contribution >= 0.6 is 0 Å². The molecule has 114 valence electrons. The zero-order valence-corrected chi connectivity index (χ0v) is 12.9. The Morgan fingerprint density at radius 3 is 2.33 bits per heavy atom. The molecule has 1 fully saturated rings. The first-order valence-corrected chi connectivity index (χ1v) is 6.92. The van der Waals surface area contributed by atoms with Gasteiger partial charge in [0.1, 0.15) is 5.75 Å². The second kappa shape index (κ2) is 5.37. The highest BCUT2D eigenvalue weighted by molar-refractivity contribution is 6.55. The molecule has 0 bridgehead atoms. The molecule has 4 N–H and O–H groups in total. The first-order valence-electron chi connectivity index (χ1n) is 6.92. The monoisotopic (exact) mass is 291 g/mol. The van der Waals surface area contributed by atoms with Crippen LogP contribution in [-0.4, -0.2) is 35.1 Å². The molecule has 0 atom stereocenters. The Morgan fingerprint density at radius 2 is 1.81 bits per heavy atom. The molecule has 1 saturated heterocycles. The first-order chi connectivity index (χ1) is 9.68. The molecule has 0 amide bonds. The Labute approximate surface area is 125 Å². The summed E-state index contributed by atoms with van der Waals surface area (Å²) in [7, 11) is -0.652. The maximum atomic E-state index is 9.96. The summed E-state index contributed by atoms with van der Waals surface area (Å²) in [6.45, 7) is 7.55. The van der Waals surface area contributed by atoms with E-state index >= 15 is 0 Å². The van der Waals surface area contributed by atoms with E-state index < -0.39 is 18.3 Å². The number of aliphatic hydroxyl groups is 1. The minimum absolute atomic E-state index is 0.0139. The van der Waals surface area contributed by atoms with Gasteiger partial charge in [0, 0.05) is 5.56 Å². The Balaban J connectivity index is 2.33. The van der Waals surface area contributed by atoms with E-state index in [1.807, 2.05) is 27.7 Å². The lowest BCUT2D eigenvalue weighted by molar-refractivity contribution is 0.00578. The highest BCUT2D eigenvalue weighted by atomic mass is 16.7. The van der Waals surface area contributed by atoms with Crippen molar-refractivity contribution in [3.63, 3.8) is 0 Å². The van der Waals surface area contributed by atoms with Crippen molar-refractivity contribution in [2.24, 2.45) is 0 Å². The number of aromatic hydroxyl groups is 1. The molecule has 21 heavy (non-hydrogen) atoms. The zero-order valence-electron chi connectivity index (χ0n) is 12.9. The van der Waals surface area contributed by atoms with E-state index in [1.165, 1.54) is 0 Å². The summed E-state index contributed by atoms with van der Waals surface area (Å²) < 4.78 is 11.8. The lowest BCUT2D eigenvalue weighted by Crippen LogP contribution is -2.41. The number of anilines is 1. The van der Waals surface area contributed by atoms with Crippen molar-refractivity contribution < 1.29 is 19.5 Å². The van der Waals surface area contributed by atoms with Crippen LogP contribution in [0.2, 0.25) is 0 Å². The number of nitrogen functional groups attached to an aromatic ring is 1. The molecule has 0 unspecified atom stereocenters. The van der Waals surface area contributed by atoms with Crippen LogP contribution in [0.4, 0.5) is 5.69 Å². The number of aliphatic hydroxyl groups excluding tert-OH is 1. The summed E-state index contributed by atoms with van der Waals surface area (Å²) in [4.78, 5) is 0. The average molecular weight is 291 g/mol. The summed E-state index contributed by atoms with van der Waals surface area (Å²) >= 11 is 0. The molecule has 0 spiro atoms. The van der Waals surface area contributed by atoms with Crippen LogP contribution in [0.15, 0.2) is 23.7 Å². The van der Waals surface area contributed by atoms with Crippen LogP contribution in [-0.2, 0) is 9.31 Å². The number of hydrogen-bond acceptors (Lipinski definition) is 5. The van der Waals surface area contributed by atoms with Gasteiger partial charge in [-0.1, -0.05) is 18.2 Å². The van der Waals surface area contributed by atoms with Gasteiger partial charge in [-0.25, -0.2) is 0 Å². The zero-order chi connectivity index (χ0) is 15.8. The molecule has 6 heteroatoms. The lowest BCUT2D eigenvalue weighted by atomic mass is 9.77. The number of nitrogens with two attached hydrogens (primary N) is 1. The Kier molecular flexibility index (Phi) is 4.06. The molecule has 1 heterocycles. The van der Waals surface area contributed by atoms with Crippen molar-refractivity contribution in [1.29, 1.82) is 0 Å². The summed E-state index contributed by atoms with van der Waals surface area (Å²) in [5.41, 5.74) is 6.05. The standard InChI is InChI=1S/C15H22BNO4/c1-14(2)15(3,4)21-16(20-14)11(9-18)8-10-6-5-7-12(17)13(10)19/h5-8,18-19H,9,17H2,1-4H3. The van der Waals surface area contributed by atoms with E-state index in [0.717, 1.165) is 0 Å². The largest absolute Gasteiger partial charge is 0.505 e. The SMILES string of the molecule is CC1(C)OB(C(=Cc2cccc(N)c2O)CO)OC1(C)C. The molecule has 1 aromatic carbocycles. The lowest BCUT2D eigenvalue weighted by Gasteiger charge is -2.32.